The minimum Gasteiger partial charge on any atom is -0.309 e. The van der Waals surface area contributed by atoms with Gasteiger partial charge in [-0.2, -0.15) is 0 Å². The van der Waals surface area contributed by atoms with Crippen molar-refractivity contribution >= 4 is 0 Å². The van der Waals surface area contributed by atoms with E-state index < -0.39 is 0 Å². The smallest absolute Gasteiger partial charge is 0.0449 e. The van der Waals surface area contributed by atoms with Crippen LogP contribution in [0.15, 0.2) is 24.3 Å². The van der Waals surface area contributed by atoms with Gasteiger partial charge in [0.25, 0.3) is 0 Å². The Morgan fingerprint density at radius 2 is 1.61 bits per heavy atom. The Labute approximate surface area is 112 Å². The minimum absolute atomic E-state index is 0.445. The molecule has 0 fully saturated rings. The molecule has 0 aliphatic carbocycles. The average Bonchev–Trinajstić information content (AvgIpc) is 2.43. The highest BCUT2D eigenvalue weighted by Gasteiger charge is 2.13. The van der Waals surface area contributed by atoms with Crippen LogP contribution in [0, 0.1) is 0 Å². The Kier molecular flexibility index (Phi) is 6.99. The molecule has 18 heavy (non-hydrogen) atoms. The van der Waals surface area contributed by atoms with Crippen molar-refractivity contribution in [2.24, 2.45) is 0 Å². The molecule has 1 N–H and O–H groups in total. The summed E-state index contributed by atoms with van der Waals surface area (Å²) in [5.74, 6) is 0. The molecule has 0 aliphatic rings. The monoisotopic (exact) mass is 248 g/mol. The second-order valence-corrected chi connectivity index (χ2v) is 4.69. The van der Waals surface area contributed by atoms with Crippen molar-refractivity contribution in [2.75, 3.05) is 26.2 Å². The minimum atomic E-state index is 0.445. The maximum absolute atomic E-state index is 3.59. The fourth-order valence-electron chi connectivity index (χ4n) is 2.26. The molecule has 0 heterocycles. The molecule has 102 valence electrons. The van der Waals surface area contributed by atoms with Crippen molar-refractivity contribution in [1.29, 1.82) is 0 Å². The Morgan fingerprint density at radius 1 is 1.00 bits per heavy atom. The summed E-state index contributed by atoms with van der Waals surface area (Å²) in [4.78, 5) is 2.47. The number of nitrogens with one attached hydrogen (secondary N) is 1. The van der Waals surface area contributed by atoms with Crippen molar-refractivity contribution < 1.29 is 0 Å². The van der Waals surface area contributed by atoms with Crippen molar-refractivity contribution in [3.63, 3.8) is 0 Å². The Balaban J connectivity index is 2.75. The summed E-state index contributed by atoms with van der Waals surface area (Å²) >= 11 is 0. The van der Waals surface area contributed by atoms with E-state index in [4.69, 9.17) is 0 Å². The van der Waals surface area contributed by atoms with E-state index in [2.05, 4.69) is 62.2 Å². The standard InChI is InChI=1S/C16H28N2/c1-5-14-9-11-15(12-10-14)16(17-6-2)13-18(7-3)8-4/h9-12,16-17H,5-8,13H2,1-4H3. The van der Waals surface area contributed by atoms with Gasteiger partial charge in [-0.15, -0.1) is 0 Å². The third-order valence-electron chi connectivity index (χ3n) is 3.58. The summed E-state index contributed by atoms with van der Waals surface area (Å²) in [6, 6.07) is 9.50. The van der Waals surface area contributed by atoms with Gasteiger partial charge in [-0.3, -0.25) is 0 Å². The molecule has 0 radical (unpaired) electrons. The third kappa shape index (κ3) is 4.43. The first-order valence-corrected chi connectivity index (χ1v) is 7.29. The Hall–Kier alpha value is -0.860. The van der Waals surface area contributed by atoms with E-state index in [1.54, 1.807) is 0 Å². The second kappa shape index (κ2) is 8.28. The van der Waals surface area contributed by atoms with E-state index in [0.717, 1.165) is 32.6 Å². The maximum atomic E-state index is 3.59. The fourth-order valence-corrected chi connectivity index (χ4v) is 2.26. The van der Waals surface area contributed by atoms with Crippen LogP contribution in [0.3, 0.4) is 0 Å². The van der Waals surface area contributed by atoms with Gasteiger partial charge in [-0.05, 0) is 37.2 Å². The number of rotatable bonds is 8. The zero-order chi connectivity index (χ0) is 13.4. The zero-order valence-corrected chi connectivity index (χ0v) is 12.4. The number of hydrogen-bond donors (Lipinski definition) is 1. The van der Waals surface area contributed by atoms with E-state index in [1.165, 1.54) is 11.1 Å². The molecular formula is C16H28N2. The SMILES string of the molecule is CCNC(CN(CC)CC)c1ccc(CC)cc1. The lowest BCUT2D eigenvalue weighted by atomic mass is 10.0. The maximum Gasteiger partial charge on any atom is 0.0449 e. The fraction of sp³-hybridized carbons (Fsp3) is 0.625. The van der Waals surface area contributed by atoms with E-state index in [-0.39, 0.29) is 0 Å². The quantitative estimate of drug-likeness (QED) is 0.760. The summed E-state index contributed by atoms with van der Waals surface area (Å²) < 4.78 is 0. The first-order chi connectivity index (χ1) is 8.74. The highest BCUT2D eigenvalue weighted by molar-refractivity contribution is 5.25. The summed E-state index contributed by atoms with van der Waals surface area (Å²) in [7, 11) is 0. The van der Waals surface area contributed by atoms with Crippen LogP contribution in [0.5, 0.6) is 0 Å². The van der Waals surface area contributed by atoms with Crippen LogP contribution in [0.25, 0.3) is 0 Å². The lowest BCUT2D eigenvalue weighted by Crippen LogP contribution is -2.35. The summed E-state index contributed by atoms with van der Waals surface area (Å²) in [5.41, 5.74) is 2.82. The topological polar surface area (TPSA) is 15.3 Å². The summed E-state index contributed by atoms with van der Waals surface area (Å²) in [6.45, 7) is 13.2. The van der Waals surface area contributed by atoms with Crippen molar-refractivity contribution in [1.82, 2.24) is 10.2 Å². The lowest BCUT2D eigenvalue weighted by molar-refractivity contribution is 0.267. The molecule has 0 saturated heterocycles. The van der Waals surface area contributed by atoms with E-state index >= 15 is 0 Å². The van der Waals surface area contributed by atoms with Crippen LogP contribution >= 0.6 is 0 Å². The average molecular weight is 248 g/mol. The normalized spacial score (nSPS) is 12.9. The molecule has 0 aromatic heterocycles. The van der Waals surface area contributed by atoms with Crippen LogP contribution in [0.1, 0.15) is 44.9 Å². The van der Waals surface area contributed by atoms with Crippen LogP contribution in [0.4, 0.5) is 0 Å². The van der Waals surface area contributed by atoms with Gasteiger partial charge in [0.2, 0.25) is 0 Å². The van der Waals surface area contributed by atoms with Gasteiger partial charge in [0.1, 0.15) is 0 Å². The number of benzene rings is 1. The van der Waals surface area contributed by atoms with Gasteiger partial charge in [0.15, 0.2) is 0 Å². The third-order valence-corrected chi connectivity index (χ3v) is 3.58. The first-order valence-electron chi connectivity index (χ1n) is 7.29. The van der Waals surface area contributed by atoms with Gasteiger partial charge >= 0.3 is 0 Å². The molecular weight excluding hydrogens is 220 g/mol. The lowest BCUT2D eigenvalue weighted by Gasteiger charge is -2.26. The number of hydrogen-bond acceptors (Lipinski definition) is 2. The van der Waals surface area contributed by atoms with Gasteiger partial charge in [0.05, 0.1) is 0 Å². The molecule has 0 spiro atoms. The number of nitrogens with zero attached hydrogens (tertiary/aromatic N) is 1. The predicted octanol–water partition coefficient (Wildman–Crippen LogP) is 3.24. The molecule has 1 aromatic rings. The highest BCUT2D eigenvalue weighted by atomic mass is 15.1. The largest absolute Gasteiger partial charge is 0.309 e. The molecule has 2 heteroatoms. The summed E-state index contributed by atoms with van der Waals surface area (Å²) in [6.07, 6.45) is 1.11. The second-order valence-electron chi connectivity index (χ2n) is 4.69. The number of likely N-dealkylation sites (N-methyl/N-ethyl adjacent to an activating group) is 2. The van der Waals surface area contributed by atoms with Gasteiger partial charge in [0, 0.05) is 12.6 Å². The van der Waals surface area contributed by atoms with E-state index in [1.807, 2.05) is 0 Å². The van der Waals surface area contributed by atoms with Crippen LogP contribution in [-0.4, -0.2) is 31.1 Å². The van der Waals surface area contributed by atoms with Crippen LogP contribution in [0.2, 0.25) is 0 Å². The molecule has 0 saturated carbocycles. The van der Waals surface area contributed by atoms with Crippen molar-refractivity contribution in [3.8, 4) is 0 Å². The van der Waals surface area contributed by atoms with Crippen molar-refractivity contribution in [2.45, 2.75) is 40.2 Å². The van der Waals surface area contributed by atoms with Crippen LogP contribution < -0.4 is 5.32 Å². The van der Waals surface area contributed by atoms with Crippen molar-refractivity contribution in [3.05, 3.63) is 35.4 Å². The molecule has 0 amide bonds. The van der Waals surface area contributed by atoms with E-state index in [9.17, 15) is 0 Å². The Morgan fingerprint density at radius 3 is 2.06 bits per heavy atom. The zero-order valence-electron chi connectivity index (χ0n) is 12.4. The highest BCUT2D eigenvalue weighted by Crippen LogP contribution is 2.16. The van der Waals surface area contributed by atoms with Gasteiger partial charge < -0.3 is 10.2 Å². The van der Waals surface area contributed by atoms with Gasteiger partial charge in [-0.25, -0.2) is 0 Å². The number of aryl methyl sites for hydroxylation is 1. The first kappa shape index (κ1) is 15.2. The van der Waals surface area contributed by atoms with Gasteiger partial charge in [-0.1, -0.05) is 52.0 Å². The van der Waals surface area contributed by atoms with E-state index in [0.29, 0.717) is 6.04 Å². The Bertz CT molecular complexity index is 314. The molecule has 1 unspecified atom stereocenters. The molecule has 2 nitrogen and oxygen atoms in total. The molecule has 1 aromatic carbocycles. The molecule has 1 rings (SSSR count). The molecule has 0 aliphatic heterocycles. The predicted molar refractivity (Wildman–Crippen MR) is 80.0 cm³/mol. The summed E-state index contributed by atoms with van der Waals surface area (Å²) in [5, 5.41) is 3.59. The molecule has 0 bridgehead atoms. The van der Waals surface area contributed by atoms with Crippen LogP contribution in [-0.2, 0) is 6.42 Å². The molecule has 1 atom stereocenters.